The standard InChI is InChI=1S/C15H24FNO2/c1-12(2)7-8-17-9-14(18)11-19-10-13-5-3-4-6-15(13)16/h3-6,12,14,17-18H,7-11H2,1-2H3. The molecule has 0 radical (unpaired) electrons. The molecule has 0 aromatic heterocycles. The number of aliphatic hydroxyl groups excluding tert-OH is 1. The molecule has 4 heteroatoms. The molecule has 0 aliphatic carbocycles. The minimum Gasteiger partial charge on any atom is -0.389 e. The smallest absolute Gasteiger partial charge is 0.128 e. The summed E-state index contributed by atoms with van der Waals surface area (Å²) < 4.78 is 18.6. The van der Waals surface area contributed by atoms with Gasteiger partial charge in [0.15, 0.2) is 0 Å². The van der Waals surface area contributed by atoms with Crippen molar-refractivity contribution in [2.45, 2.75) is 33.0 Å². The van der Waals surface area contributed by atoms with Gasteiger partial charge in [-0.05, 0) is 24.9 Å². The third kappa shape index (κ3) is 7.25. The SMILES string of the molecule is CC(C)CCNCC(O)COCc1ccccc1F. The summed E-state index contributed by atoms with van der Waals surface area (Å²) in [5.74, 6) is 0.383. The predicted octanol–water partition coefficient (Wildman–Crippen LogP) is 2.34. The lowest BCUT2D eigenvalue weighted by Crippen LogP contribution is -2.31. The molecule has 0 aliphatic heterocycles. The number of halogens is 1. The van der Waals surface area contributed by atoms with Gasteiger partial charge in [0, 0.05) is 12.1 Å². The largest absolute Gasteiger partial charge is 0.389 e. The summed E-state index contributed by atoms with van der Waals surface area (Å²) in [6, 6.07) is 6.50. The molecule has 1 aromatic carbocycles. The van der Waals surface area contributed by atoms with E-state index >= 15 is 0 Å². The maximum atomic E-state index is 13.3. The van der Waals surface area contributed by atoms with Crippen molar-refractivity contribution in [2.75, 3.05) is 19.7 Å². The summed E-state index contributed by atoms with van der Waals surface area (Å²) in [4.78, 5) is 0. The molecule has 1 rings (SSSR count). The van der Waals surface area contributed by atoms with Crippen LogP contribution in [0.2, 0.25) is 0 Å². The van der Waals surface area contributed by atoms with Crippen molar-refractivity contribution in [3.8, 4) is 0 Å². The van der Waals surface area contributed by atoms with Crippen molar-refractivity contribution in [3.63, 3.8) is 0 Å². The van der Waals surface area contributed by atoms with Gasteiger partial charge in [0.1, 0.15) is 5.82 Å². The Morgan fingerprint density at radius 3 is 2.74 bits per heavy atom. The Morgan fingerprint density at radius 2 is 2.05 bits per heavy atom. The highest BCUT2D eigenvalue weighted by Gasteiger charge is 2.06. The molecule has 0 aliphatic rings. The Balaban J connectivity index is 2.10. The van der Waals surface area contributed by atoms with Gasteiger partial charge in [-0.1, -0.05) is 32.0 Å². The van der Waals surface area contributed by atoms with Gasteiger partial charge in [-0.25, -0.2) is 4.39 Å². The lowest BCUT2D eigenvalue weighted by Gasteiger charge is -2.13. The van der Waals surface area contributed by atoms with Gasteiger partial charge in [0.2, 0.25) is 0 Å². The van der Waals surface area contributed by atoms with Crippen LogP contribution in [-0.4, -0.2) is 30.9 Å². The van der Waals surface area contributed by atoms with E-state index in [9.17, 15) is 9.50 Å². The predicted molar refractivity (Wildman–Crippen MR) is 74.4 cm³/mol. The Morgan fingerprint density at radius 1 is 1.32 bits per heavy atom. The van der Waals surface area contributed by atoms with Crippen LogP contribution in [0.15, 0.2) is 24.3 Å². The van der Waals surface area contributed by atoms with E-state index in [1.54, 1.807) is 18.2 Å². The maximum Gasteiger partial charge on any atom is 0.128 e. The highest BCUT2D eigenvalue weighted by atomic mass is 19.1. The van der Waals surface area contributed by atoms with E-state index in [0.717, 1.165) is 13.0 Å². The zero-order chi connectivity index (χ0) is 14.1. The number of rotatable bonds is 9. The van der Waals surface area contributed by atoms with Crippen LogP contribution >= 0.6 is 0 Å². The first-order valence-electron chi connectivity index (χ1n) is 6.79. The number of aliphatic hydroxyl groups is 1. The van der Waals surface area contributed by atoms with Crippen molar-refractivity contribution in [1.29, 1.82) is 0 Å². The number of ether oxygens (including phenoxy) is 1. The lowest BCUT2D eigenvalue weighted by molar-refractivity contribution is 0.0278. The fourth-order valence-electron chi connectivity index (χ4n) is 1.64. The van der Waals surface area contributed by atoms with Gasteiger partial charge in [-0.15, -0.1) is 0 Å². The summed E-state index contributed by atoms with van der Waals surface area (Å²) in [7, 11) is 0. The van der Waals surface area contributed by atoms with E-state index in [4.69, 9.17) is 4.74 Å². The topological polar surface area (TPSA) is 41.5 Å². The number of benzene rings is 1. The fraction of sp³-hybridized carbons (Fsp3) is 0.600. The molecule has 3 nitrogen and oxygen atoms in total. The zero-order valence-electron chi connectivity index (χ0n) is 11.7. The van der Waals surface area contributed by atoms with Crippen LogP contribution in [0.25, 0.3) is 0 Å². The van der Waals surface area contributed by atoms with Crippen molar-refractivity contribution >= 4 is 0 Å². The van der Waals surface area contributed by atoms with Gasteiger partial charge in [0.25, 0.3) is 0 Å². The van der Waals surface area contributed by atoms with Crippen LogP contribution in [0, 0.1) is 11.7 Å². The monoisotopic (exact) mass is 269 g/mol. The van der Waals surface area contributed by atoms with Crippen molar-refractivity contribution in [2.24, 2.45) is 5.92 Å². The molecular formula is C15H24FNO2. The Kier molecular flexibility index (Phi) is 7.63. The second-order valence-electron chi connectivity index (χ2n) is 5.15. The van der Waals surface area contributed by atoms with Crippen molar-refractivity contribution in [1.82, 2.24) is 5.32 Å². The summed E-state index contributed by atoms with van der Waals surface area (Å²) in [5, 5.41) is 12.9. The third-order valence-corrected chi connectivity index (χ3v) is 2.80. The van der Waals surface area contributed by atoms with Gasteiger partial charge in [-0.2, -0.15) is 0 Å². The first kappa shape index (κ1) is 16.1. The average Bonchev–Trinajstić information content (AvgIpc) is 2.37. The lowest BCUT2D eigenvalue weighted by atomic mass is 10.1. The Hall–Kier alpha value is -0.970. The minimum absolute atomic E-state index is 0.190. The number of hydrogen-bond acceptors (Lipinski definition) is 3. The molecule has 0 saturated heterocycles. The van der Waals surface area contributed by atoms with Crippen LogP contribution in [0.3, 0.4) is 0 Å². The van der Waals surface area contributed by atoms with Crippen LogP contribution in [0.5, 0.6) is 0 Å². The van der Waals surface area contributed by atoms with Crippen LogP contribution in [-0.2, 0) is 11.3 Å². The summed E-state index contributed by atoms with van der Waals surface area (Å²) >= 11 is 0. The molecule has 0 fully saturated rings. The van der Waals surface area contributed by atoms with Gasteiger partial charge in [-0.3, -0.25) is 0 Å². The third-order valence-electron chi connectivity index (χ3n) is 2.80. The van der Waals surface area contributed by atoms with Gasteiger partial charge in [0.05, 0.1) is 19.3 Å². The Bertz CT molecular complexity index is 358. The summed E-state index contributed by atoms with van der Waals surface area (Å²) in [6.45, 7) is 6.12. The summed E-state index contributed by atoms with van der Waals surface area (Å²) in [5.41, 5.74) is 0.516. The van der Waals surface area contributed by atoms with Gasteiger partial charge < -0.3 is 15.2 Å². The van der Waals surface area contributed by atoms with Gasteiger partial charge >= 0.3 is 0 Å². The highest BCUT2D eigenvalue weighted by molar-refractivity contribution is 5.16. The van der Waals surface area contributed by atoms with Crippen molar-refractivity contribution < 1.29 is 14.2 Å². The first-order chi connectivity index (χ1) is 9.09. The van der Waals surface area contributed by atoms with E-state index in [-0.39, 0.29) is 19.0 Å². The normalized spacial score (nSPS) is 12.9. The Labute approximate surface area is 114 Å². The van der Waals surface area contributed by atoms with E-state index < -0.39 is 6.10 Å². The first-order valence-corrected chi connectivity index (χ1v) is 6.79. The molecule has 0 heterocycles. The second-order valence-corrected chi connectivity index (χ2v) is 5.15. The van der Waals surface area contributed by atoms with E-state index in [1.165, 1.54) is 6.07 Å². The molecule has 1 unspecified atom stereocenters. The molecule has 0 saturated carbocycles. The molecule has 0 bridgehead atoms. The average molecular weight is 269 g/mol. The number of nitrogens with one attached hydrogen (secondary N) is 1. The van der Waals surface area contributed by atoms with Crippen LogP contribution in [0.4, 0.5) is 4.39 Å². The molecule has 19 heavy (non-hydrogen) atoms. The van der Waals surface area contributed by atoms with Crippen molar-refractivity contribution in [3.05, 3.63) is 35.6 Å². The van der Waals surface area contributed by atoms with E-state index in [2.05, 4.69) is 19.2 Å². The molecule has 0 amide bonds. The second kappa shape index (κ2) is 9.02. The molecule has 1 aromatic rings. The number of hydrogen-bond donors (Lipinski definition) is 2. The summed E-state index contributed by atoms with van der Waals surface area (Å²) in [6.07, 6.45) is 0.530. The molecular weight excluding hydrogens is 245 g/mol. The zero-order valence-corrected chi connectivity index (χ0v) is 11.7. The van der Waals surface area contributed by atoms with E-state index in [1.807, 2.05) is 0 Å². The maximum absolute atomic E-state index is 13.3. The molecule has 108 valence electrons. The quantitative estimate of drug-likeness (QED) is 0.676. The van der Waals surface area contributed by atoms with Crippen LogP contribution < -0.4 is 5.32 Å². The molecule has 0 spiro atoms. The fourth-order valence-corrected chi connectivity index (χ4v) is 1.64. The molecule has 1 atom stereocenters. The molecule has 2 N–H and O–H groups in total. The van der Waals surface area contributed by atoms with Crippen LogP contribution in [0.1, 0.15) is 25.8 Å². The minimum atomic E-state index is -0.557. The van der Waals surface area contributed by atoms with E-state index in [0.29, 0.717) is 18.0 Å². The highest BCUT2D eigenvalue weighted by Crippen LogP contribution is 2.07.